The molecule has 3 aliphatic carbocycles. The molecule has 3 rings (SSSR count). The van der Waals surface area contributed by atoms with E-state index in [1.54, 1.807) is 0 Å². The van der Waals surface area contributed by atoms with Gasteiger partial charge in [0.05, 0.1) is 0 Å². The van der Waals surface area contributed by atoms with Gasteiger partial charge in [0.2, 0.25) is 0 Å². The molecule has 15 heavy (non-hydrogen) atoms. The van der Waals surface area contributed by atoms with Gasteiger partial charge in [-0.15, -0.1) is 0 Å². The lowest BCUT2D eigenvalue weighted by atomic mass is 10.1. The lowest BCUT2D eigenvalue weighted by Crippen LogP contribution is -2.46. The molecule has 2 atom stereocenters. The van der Waals surface area contributed by atoms with Crippen molar-refractivity contribution in [3.8, 4) is 0 Å². The maximum absolute atomic E-state index is 6.23. The SMILES string of the molecule is NC1CCCC1N(CC1CC1)CC1CC1. The summed E-state index contributed by atoms with van der Waals surface area (Å²) in [7, 11) is 0. The normalized spacial score (nSPS) is 36.4. The van der Waals surface area contributed by atoms with Crippen molar-refractivity contribution in [2.75, 3.05) is 13.1 Å². The Hall–Kier alpha value is -0.0800. The average Bonchev–Trinajstić information content (AvgIpc) is 3.11. The van der Waals surface area contributed by atoms with Crippen LogP contribution in [-0.4, -0.2) is 30.1 Å². The summed E-state index contributed by atoms with van der Waals surface area (Å²) in [6.45, 7) is 2.71. The highest BCUT2D eigenvalue weighted by atomic mass is 15.2. The van der Waals surface area contributed by atoms with Gasteiger partial charge in [-0.3, -0.25) is 4.90 Å². The van der Waals surface area contributed by atoms with Crippen LogP contribution in [0.2, 0.25) is 0 Å². The molecule has 2 heteroatoms. The third-order valence-electron chi connectivity index (χ3n) is 4.38. The van der Waals surface area contributed by atoms with Gasteiger partial charge >= 0.3 is 0 Å². The summed E-state index contributed by atoms with van der Waals surface area (Å²) < 4.78 is 0. The average molecular weight is 208 g/mol. The number of rotatable bonds is 5. The number of hydrogen-bond donors (Lipinski definition) is 1. The van der Waals surface area contributed by atoms with Crippen LogP contribution in [0.3, 0.4) is 0 Å². The molecule has 2 N–H and O–H groups in total. The van der Waals surface area contributed by atoms with Gasteiger partial charge in [-0.2, -0.15) is 0 Å². The van der Waals surface area contributed by atoms with E-state index in [0.717, 1.165) is 17.9 Å². The van der Waals surface area contributed by atoms with E-state index >= 15 is 0 Å². The summed E-state index contributed by atoms with van der Waals surface area (Å²) >= 11 is 0. The van der Waals surface area contributed by atoms with Crippen LogP contribution in [-0.2, 0) is 0 Å². The first-order valence-electron chi connectivity index (χ1n) is 6.82. The van der Waals surface area contributed by atoms with Gasteiger partial charge in [-0.05, 0) is 50.4 Å². The molecular weight excluding hydrogens is 184 g/mol. The minimum atomic E-state index is 0.475. The molecule has 0 saturated heterocycles. The van der Waals surface area contributed by atoms with Crippen molar-refractivity contribution < 1.29 is 0 Å². The molecule has 0 amide bonds. The van der Waals surface area contributed by atoms with Gasteiger partial charge in [-0.1, -0.05) is 6.42 Å². The van der Waals surface area contributed by atoms with Gasteiger partial charge in [0.1, 0.15) is 0 Å². The van der Waals surface area contributed by atoms with E-state index in [9.17, 15) is 0 Å². The molecule has 86 valence electrons. The monoisotopic (exact) mass is 208 g/mol. The topological polar surface area (TPSA) is 29.3 Å². The van der Waals surface area contributed by atoms with Crippen LogP contribution in [0, 0.1) is 11.8 Å². The van der Waals surface area contributed by atoms with Crippen molar-refractivity contribution in [3.63, 3.8) is 0 Å². The van der Waals surface area contributed by atoms with Crippen LogP contribution in [0.25, 0.3) is 0 Å². The molecule has 2 nitrogen and oxygen atoms in total. The van der Waals surface area contributed by atoms with E-state index in [1.807, 2.05) is 0 Å². The van der Waals surface area contributed by atoms with Gasteiger partial charge in [0, 0.05) is 25.2 Å². The predicted octanol–water partition coefficient (Wildman–Crippen LogP) is 1.99. The zero-order valence-corrected chi connectivity index (χ0v) is 9.70. The Morgan fingerprint density at radius 3 is 1.87 bits per heavy atom. The van der Waals surface area contributed by atoms with Crippen LogP contribution < -0.4 is 5.73 Å². The van der Waals surface area contributed by atoms with Crippen LogP contribution >= 0.6 is 0 Å². The number of nitrogens with two attached hydrogens (primary N) is 1. The zero-order chi connectivity index (χ0) is 10.3. The van der Waals surface area contributed by atoms with Crippen LogP contribution in [0.15, 0.2) is 0 Å². The molecule has 0 spiro atoms. The van der Waals surface area contributed by atoms with Gasteiger partial charge in [-0.25, -0.2) is 0 Å². The van der Waals surface area contributed by atoms with Gasteiger partial charge in [0.15, 0.2) is 0 Å². The maximum atomic E-state index is 6.23. The van der Waals surface area contributed by atoms with E-state index in [4.69, 9.17) is 5.73 Å². The molecule has 0 radical (unpaired) electrons. The van der Waals surface area contributed by atoms with Crippen molar-refractivity contribution in [2.45, 2.75) is 57.0 Å². The number of nitrogens with zero attached hydrogens (tertiary/aromatic N) is 1. The quantitative estimate of drug-likeness (QED) is 0.748. The molecule has 0 aromatic rings. The first kappa shape index (κ1) is 10.1. The molecule has 0 aliphatic heterocycles. The summed E-state index contributed by atoms with van der Waals surface area (Å²) in [5.74, 6) is 2.05. The maximum Gasteiger partial charge on any atom is 0.0247 e. The lowest BCUT2D eigenvalue weighted by molar-refractivity contribution is 0.170. The highest BCUT2D eigenvalue weighted by Gasteiger charge is 2.36. The predicted molar refractivity (Wildman–Crippen MR) is 62.6 cm³/mol. The lowest BCUT2D eigenvalue weighted by Gasteiger charge is -2.31. The Bertz CT molecular complexity index is 207. The largest absolute Gasteiger partial charge is 0.326 e. The Morgan fingerprint density at radius 1 is 0.867 bits per heavy atom. The fourth-order valence-electron chi connectivity index (χ4n) is 3.03. The Morgan fingerprint density at radius 2 is 1.47 bits per heavy atom. The summed E-state index contributed by atoms with van der Waals surface area (Å²) in [4.78, 5) is 2.76. The fourth-order valence-corrected chi connectivity index (χ4v) is 3.03. The molecule has 0 bridgehead atoms. The molecule has 2 unspecified atom stereocenters. The second kappa shape index (κ2) is 4.06. The van der Waals surface area contributed by atoms with Crippen molar-refractivity contribution in [1.82, 2.24) is 4.90 Å². The first-order valence-corrected chi connectivity index (χ1v) is 6.82. The van der Waals surface area contributed by atoms with E-state index in [2.05, 4.69) is 4.90 Å². The van der Waals surface area contributed by atoms with Crippen molar-refractivity contribution in [2.24, 2.45) is 17.6 Å². The summed E-state index contributed by atoms with van der Waals surface area (Å²) in [6, 6.07) is 1.20. The standard InChI is InChI=1S/C13H24N2/c14-12-2-1-3-13(12)15(8-10-4-5-10)9-11-6-7-11/h10-13H,1-9,14H2. The Balaban J connectivity index is 1.58. The smallest absolute Gasteiger partial charge is 0.0247 e. The highest BCUT2D eigenvalue weighted by molar-refractivity contribution is 4.92. The minimum absolute atomic E-state index is 0.475. The molecule has 3 aliphatic rings. The van der Waals surface area contributed by atoms with E-state index in [-0.39, 0.29) is 0 Å². The molecular formula is C13H24N2. The van der Waals surface area contributed by atoms with Crippen LogP contribution in [0.1, 0.15) is 44.9 Å². The molecule has 0 aromatic heterocycles. The Labute approximate surface area is 93.2 Å². The highest BCUT2D eigenvalue weighted by Crippen LogP contribution is 2.36. The summed E-state index contributed by atoms with van der Waals surface area (Å²) in [5, 5.41) is 0. The first-order chi connectivity index (χ1) is 7.33. The summed E-state index contributed by atoms with van der Waals surface area (Å²) in [6.07, 6.45) is 9.88. The van der Waals surface area contributed by atoms with E-state index in [1.165, 1.54) is 58.0 Å². The second-order valence-corrected chi connectivity index (χ2v) is 6.00. The fraction of sp³-hybridized carbons (Fsp3) is 1.00. The summed E-state index contributed by atoms with van der Waals surface area (Å²) in [5.41, 5.74) is 6.23. The van der Waals surface area contributed by atoms with Gasteiger partial charge < -0.3 is 5.73 Å². The molecule has 3 fully saturated rings. The zero-order valence-electron chi connectivity index (χ0n) is 9.70. The van der Waals surface area contributed by atoms with Crippen LogP contribution in [0.5, 0.6) is 0 Å². The minimum Gasteiger partial charge on any atom is -0.326 e. The van der Waals surface area contributed by atoms with Crippen molar-refractivity contribution in [3.05, 3.63) is 0 Å². The van der Waals surface area contributed by atoms with Crippen molar-refractivity contribution in [1.29, 1.82) is 0 Å². The van der Waals surface area contributed by atoms with E-state index < -0.39 is 0 Å². The molecule has 0 aromatic carbocycles. The third kappa shape index (κ3) is 2.54. The van der Waals surface area contributed by atoms with Crippen molar-refractivity contribution >= 4 is 0 Å². The van der Waals surface area contributed by atoms with Crippen LogP contribution in [0.4, 0.5) is 0 Å². The molecule has 0 heterocycles. The number of hydrogen-bond acceptors (Lipinski definition) is 2. The third-order valence-corrected chi connectivity index (χ3v) is 4.38. The Kier molecular flexibility index (Phi) is 2.73. The van der Waals surface area contributed by atoms with E-state index in [0.29, 0.717) is 6.04 Å². The second-order valence-electron chi connectivity index (χ2n) is 6.00. The van der Waals surface area contributed by atoms with Gasteiger partial charge in [0.25, 0.3) is 0 Å². The molecule has 3 saturated carbocycles.